The van der Waals surface area contributed by atoms with Crippen molar-refractivity contribution in [1.29, 1.82) is 0 Å². The smallest absolute Gasteiger partial charge is 0.175 e. The topological polar surface area (TPSA) is 104 Å². The van der Waals surface area contributed by atoms with Crippen LogP contribution in [0.4, 0.5) is 5.82 Å². The summed E-state index contributed by atoms with van der Waals surface area (Å²) in [6.07, 6.45) is 3.33. The minimum atomic E-state index is 0.0732. The Labute approximate surface area is 203 Å². The van der Waals surface area contributed by atoms with E-state index >= 15 is 0 Å². The molecule has 8 nitrogen and oxygen atoms in total. The fourth-order valence-electron chi connectivity index (χ4n) is 4.07. The van der Waals surface area contributed by atoms with Gasteiger partial charge in [0.2, 0.25) is 0 Å². The van der Waals surface area contributed by atoms with E-state index in [2.05, 4.69) is 52.8 Å². The molecule has 0 amide bonds. The molecule has 9 heteroatoms. The van der Waals surface area contributed by atoms with Crippen LogP contribution in [0, 0.1) is 6.92 Å². The SMILES string of the molecule is Cc1ccc(-c2cc3c(cc2Sc2nc4c(N)ncnc4n2CCCNC(C)(C)C)CCO3)o1. The number of imidazole rings is 1. The highest BCUT2D eigenvalue weighted by atomic mass is 32.2. The molecule has 0 aliphatic carbocycles. The predicted octanol–water partition coefficient (Wildman–Crippen LogP) is 4.84. The van der Waals surface area contributed by atoms with Crippen molar-refractivity contribution < 1.29 is 9.15 Å². The van der Waals surface area contributed by atoms with Crippen LogP contribution in [0.25, 0.3) is 22.5 Å². The Morgan fingerprint density at radius 1 is 1.21 bits per heavy atom. The monoisotopic (exact) mass is 478 g/mol. The van der Waals surface area contributed by atoms with Gasteiger partial charge in [0.15, 0.2) is 22.1 Å². The maximum atomic E-state index is 6.16. The van der Waals surface area contributed by atoms with Gasteiger partial charge in [-0.2, -0.15) is 0 Å². The molecule has 1 aliphatic rings. The van der Waals surface area contributed by atoms with Gasteiger partial charge >= 0.3 is 0 Å². The summed E-state index contributed by atoms with van der Waals surface area (Å²) in [5, 5.41) is 4.38. The molecular formula is C25H30N6O2S. The van der Waals surface area contributed by atoms with Crippen LogP contribution >= 0.6 is 11.8 Å². The maximum Gasteiger partial charge on any atom is 0.175 e. The molecule has 5 rings (SSSR count). The number of furan rings is 1. The molecule has 34 heavy (non-hydrogen) atoms. The molecule has 1 aliphatic heterocycles. The summed E-state index contributed by atoms with van der Waals surface area (Å²) < 4.78 is 14.0. The molecule has 1 aromatic carbocycles. The summed E-state index contributed by atoms with van der Waals surface area (Å²) >= 11 is 1.60. The van der Waals surface area contributed by atoms with E-state index in [4.69, 9.17) is 19.9 Å². The Bertz CT molecular complexity index is 1340. The van der Waals surface area contributed by atoms with Crippen LogP contribution in [0.5, 0.6) is 5.75 Å². The van der Waals surface area contributed by atoms with Crippen molar-refractivity contribution >= 4 is 28.7 Å². The lowest BCUT2D eigenvalue weighted by Crippen LogP contribution is -2.36. The van der Waals surface area contributed by atoms with Crippen molar-refractivity contribution in [2.24, 2.45) is 0 Å². The molecular weight excluding hydrogens is 448 g/mol. The maximum absolute atomic E-state index is 6.16. The Hall–Kier alpha value is -3.04. The number of aromatic nitrogens is 4. The van der Waals surface area contributed by atoms with Crippen LogP contribution in [-0.4, -0.2) is 38.2 Å². The molecule has 0 saturated carbocycles. The highest BCUT2D eigenvalue weighted by molar-refractivity contribution is 7.99. The van der Waals surface area contributed by atoms with Crippen LogP contribution in [0.1, 0.15) is 38.5 Å². The van der Waals surface area contributed by atoms with Crippen LogP contribution in [0.15, 0.2) is 45.1 Å². The van der Waals surface area contributed by atoms with E-state index in [9.17, 15) is 0 Å². The van der Waals surface area contributed by atoms with E-state index in [1.807, 2.05) is 19.1 Å². The number of hydrogen-bond donors (Lipinski definition) is 2. The van der Waals surface area contributed by atoms with Gasteiger partial charge in [0.05, 0.1) is 6.61 Å². The first-order valence-electron chi connectivity index (χ1n) is 11.5. The zero-order valence-corrected chi connectivity index (χ0v) is 20.8. The summed E-state index contributed by atoms with van der Waals surface area (Å²) in [6.45, 7) is 10.8. The summed E-state index contributed by atoms with van der Waals surface area (Å²) in [5.41, 5.74) is 9.81. The highest BCUT2D eigenvalue weighted by Gasteiger charge is 2.22. The second-order valence-corrected chi connectivity index (χ2v) is 10.6. The van der Waals surface area contributed by atoms with Crippen LogP contribution in [0.2, 0.25) is 0 Å². The third-order valence-corrected chi connectivity index (χ3v) is 6.79. The van der Waals surface area contributed by atoms with Crippen LogP contribution in [0.3, 0.4) is 0 Å². The van der Waals surface area contributed by atoms with Gasteiger partial charge in [0.25, 0.3) is 0 Å². The lowest BCUT2D eigenvalue weighted by Gasteiger charge is -2.20. The molecule has 4 heterocycles. The van der Waals surface area contributed by atoms with Gasteiger partial charge in [0, 0.05) is 29.0 Å². The average Bonchev–Trinajstić information content (AvgIpc) is 3.49. The molecule has 0 saturated heterocycles. The molecule has 3 aromatic heterocycles. The van der Waals surface area contributed by atoms with E-state index < -0.39 is 0 Å². The van der Waals surface area contributed by atoms with Gasteiger partial charge in [-0.1, -0.05) is 11.8 Å². The standard InChI is InChI=1S/C25H30N6O2S/c1-15-6-7-18(33-15)17-13-19-16(8-11-32-19)12-20(17)34-24-30-21-22(26)27-14-28-23(21)31(24)10-5-9-29-25(2,3)4/h6-7,12-14,29H,5,8-11H2,1-4H3,(H2,26,27,28). The minimum Gasteiger partial charge on any atom is -0.493 e. The number of benzene rings is 1. The van der Waals surface area contributed by atoms with Gasteiger partial charge in [-0.15, -0.1) is 0 Å². The third-order valence-electron chi connectivity index (χ3n) is 5.74. The van der Waals surface area contributed by atoms with Crippen LogP contribution < -0.4 is 15.8 Å². The Kier molecular flexibility index (Phi) is 5.99. The van der Waals surface area contributed by atoms with Crippen molar-refractivity contribution in [3.05, 3.63) is 41.9 Å². The third kappa shape index (κ3) is 4.63. The fourth-order valence-corrected chi connectivity index (χ4v) is 5.16. The number of ether oxygens (including phenoxy) is 1. The van der Waals surface area contributed by atoms with Gasteiger partial charge < -0.3 is 24.8 Å². The van der Waals surface area contributed by atoms with E-state index in [0.717, 1.165) is 64.5 Å². The quantitative estimate of drug-likeness (QED) is 0.364. The van der Waals surface area contributed by atoms with Crippen LogP contribution in [-0.2, 0) is 13.0 Å². The summed E-state index contributed by atoms with van der Waals surface area (Å²) in [4.78, 5) is 14.6. The largest absolute Gasteiger partial charge is 0.493 e. The van der Waals surface area contributed by atoms with Crippen molar-refractivity contribution in [3.8, 4) is 17.1 Å². The first-order valence-corrected chi connectivity index (χ1v) is 12.4. The minimum absolute atomic E-state index is 0.0732. The number of fused-ring (bicyclic) bond motifs is 2. The average molecular weight is 479 g/mol. The first kappa shape index (κ1) is 22.7. The molecule has 3 N–H and O–H groups in total. The fraction of sp³-hybridized carbons (Fsp3) is 0.400. The molecule has 0 bridgehead atoms. The number of nitrogens with zero attached hydrogens (tertiary/aromatic N) is 4. The van der Waals surface area contributed by atoms with E-state index in [0.29, 0.717) is 17.9 Å². The Morgan fingerprint density at radius 3 is 2.82 bits per heavy atom. The molecule has 4 aromatic rings. The molecule has 0 atom stereocenters. The Morgan fingerprint density at radius 2 is 2.06 bits per heavy atom. The summed E-state index contributed by atoms with van der Waals surface area (Å²) in [5.74, 6) is 3.00. The Balaban J connectivity index is 1.53. The zero-order valence-electron chi connectivity index (χ0n) is 20.0. The molecule has 0 unspecified atom stereocenters. The first-order chi connectivity index (χ1) is 16.3. The van der Waals surface area contributed by atoms with Crippen molar-refractivity contribution in [2.75, 3.05) is 18.9 Å². The number of rotatable bonds is 7. The van der Waals surface area contributed by atoms with E-state index in [1.165, 1.54) is 11.9 Å². The molecule has 178 valence electrons. The second kappa shape index (κ2) is 8.96. The number of nitrogen functional groups attached to an aromatic ring is 1. The number of aryl methyl sites for hydroxylation is 2. The predicted molar refractivity (Wildman–Crippen MR) is 134 cm³/mol. The van der Waals surface area contributed by atoms with Crippen molar-refractivity contribution in [1.82, 2.24) is 24.8 Å². The second-order valence-electron chi connectivity index (χ2n) is 9.57. The highest BCUT2D eigenvalue weighted by Crippen LogP contribution is 2.42. The van der Waals surface area contributed by atoms with Crippen molar-refractivity contribution in [3.63, 3.8) is 0 Å². The normalized spacial score (nSPS) is 13.4. The van der Waals surface area contributed by atoms with Crippen molar-refractivity contribution in [2.45, 2.75) is 62.7 Å². The number of anilines is 1. The lowest BCUT2D eigenvalue weighted by molar-refractivity contribution is 0.357. The molecule has 0 spiro atoms. The number of nitrogens with one attached hydrogen (secondary N) is 1. The molecule has 0 fully saturated rings. The van der Waals surface area contributed by atoms with Gasteiger partial charge in [-0.25, -0.2) is 15.0 Å². The summed E-state index contributed by atoms with van der Waals surface area (Å²) in [6, 6.07) is 8.25. The van der Waals surface area contributed by atoms with Gasteiger partial charge in [-0.05, 0) is 70.5 Å². The van der Waals surface area contributed by atoms with E-state index in [-0.39, 0.29) is 5.54 Å². The van der Waals surface area contributed by atoms with E-state index in [1.54, 1.807) is 11.8 Å². The molecule has 0 radical (unpaired) electrons. The number of hydrogen-bond acceptors (Lipinski definition) is 8. The zero-order chi connectivity index (χ0) is 23.9. The van der Waals surface area contributed by atoms with Gasteiger partial charge in [-0.3, -0.25) is 0 Å². The summed E-state index contributed by atoms with van der Waals surface area (Å²) in [7, 11) is 0. The lowest BCUT2D eigenvalue weighted by atomic mass is 10.1. The van der Waals surface area contributed by atoms with Gasteiger partial charge in [0.1, 0.15) is 23.6 Å². The number of nitrogens with two attached hydrogens (primary N) is 1.